The Labute approximate surface area is 109 Å². The summed E-state index contributed by atoms with van der Waals surface area (Å²) in [6, 6.07) is 8.60. The number of carboxylic acid groups (broad SMARTS) is 1. The van der Waals surface area contributed by atoms with Gasteiger partial charge >= 0.3 is 5.97 Å². The molecule has 1 aromatic rings. The summed E-state index contributed by atoms with van der Waals surface area (Å²) in [6.45, 7) is 10.4. The van der Waals surface area contributed by atoms with E-state index in [-0.39, 0.29) is 5.54 Å². The van der Waals surface area contributed by atoms with Gasteiger partial charge in [-0.15, -0.1) is 0 Å². The van der Waals surface area contributed by atoms with Crippen molar-refractivity contribution >= 4 is 5.97 Å². The van der Waals surface area contributed by atoms with Gasteiger partial charge in [-0.1, -0.05) is 24.3 Å². The number of aliphatic carboxylic acids is 1. The first-order chi connectivity index (χ1) is 8.14. The zero-order valence-electron chi connectivity index (χ0n) is 11.9. The Bertz CT molecular complexity index is 430. The molecule has 0 amide bonds. The first-order valence-corrected chi connectivity index (χ1v) is 6.21. The summed E-state index contributed by atoms with van der Waals surface area (Å²) in [5.74, 6) is -0.757. The Morgan fingerprint density at radius 1 is 1.28 bits per heavy atom. The fourth-order valence-corrected chi connectivity index (χ4v) is 1.70. The van der Waals surface area contributed by atoms with E-state index in [1.807, 2.05) is 0 Å². The van der Waals surface area contributed by atoms with Crippen molar-refractivity contribution in [2.75, 3.05) is 0 Å². The Balaban J connectivity index is 0.000000203. The number of hydrogen-bond donors (Lipinski definition) is 2. The van der Waals surface area contributed by atoms with E-state index in [0.717, 1.165) is 6.54 Å². The highest BCUT2D eigenvalue weighted by Crippen LogP contribution is 2.29. The van der Waals surface area contributed by atoms with E-state index < -0.39 is 11.4 Å². The number of hydrogen-bond acceptors (Lipinski definition) is 2. The van der Waals surface area contributed by atoms with Crippen molar-refractivity contribution < 1.29 is 9.90 Å². The molecule has 100 valence electrons. The van der Waals surface area contributed by atoms with E-state index in [1.165, 1.54) is 11.1 Å². The van der Waals surface area contributed by atoms with Gasteiger partial charge in [0, 0.05) is 12.1 Å². The second kappa shape index (κ2) is 5.11. The second-order valence-corrected chi connectivity index (χ2v) is 6.19. The quantitative estimate of drug-likeness (QED) is 0.742. The van der Waals surface area contributed by atoms with Crippen LogP contribution in [0.2, 0.25) is 0 Å². The van der Waals surface area contributed by atoms with Crippen LogP contribution in [0.1, 0.15) is 45.7 Å². The number of fused-ring (bicyclic) bond motifs is 1. The van der Waals surface area contributed by atoms with Crippen LogP contribution in [0.4, 0.5) is 0 Å². The van der Waals surface area contributed by atoms with Crippen molar-refractivity contribution in [2.45, 2.75) is 46.7 Å². The maximum absolute atomic E-state index is 10.0. The van der Waals surface area contributed by atoms with Crippen molar-refractivity contribution in [1.82, 2.24) is 5.32 Å². The first-order valence-electron chi connectivity index (χ1n) is 6.21. The van der Waals surface area contributed by atoms with Gasteiger partial charge in [0.25, 0.3) is 0 Å². The smallest absolute Gasteiger partial charge is 0.308 e. The number of rotatable bonds is 0. The molecule has 0 atom stereocenters. The molecule has 0 fully saturated rings. The first kappa shape index (κ1) is 14.7. The van der Waals surface area contributed by atoms with Gasteiger partial charge in [0.05, 0.1) is 5.41 Å². The molecule has 0 aliphatic carbocycles. The Morgan fingerprint density at radius 2 is 1.78 bits per heavy atom. The molecule has 2 N–H and O–H groups in total. The van der Waals surface area contributed by atoms with Crippen LogP contribution in [0, 0.1) is 5.41 Å². The lowest BCUT2D eigenvalue weighted by Crippen LogP contribution is -2.28. The summed E-state index contributed by atoms with van der Waals surface area (Å²) in [5.41, 5.74) is 2.48. The lowest BCUT2D eigenvalue weighted by atomic mass is 9.95. The van der Waals surface area contributed by atoms with Crippen LogP contribution in [0.3, 0.4) is 0 Å². The van der Waals surface area contributed by atoms with Crippen molar-refractivity contribution in [1.29, 1.82) is 0 Å². The highest BCUT2D eigenvalue weighted by Gasteiger charge is 2.27. The third-order valence-electron chi connectivity index (χ3n) is 3.05. The highest BCUT2D eigenvalue weighted by molar-refractivity contribution is 5.72. The molecule has 0 saturated carbocycles. The van der Waals surface area contributed by atoms with Crippen molar-refractivity contribution in [3.8, 4) is 0 Å². The maximum atomic E-state index is 10.0. The van der Waals surface area contributed by atoms with Gasteiger partial charge in [-0.25, -0.2) is 0 Å². The predicted octanol–water partition coefficient (Wildman–Crippen LogP) is 3.14. The van der Waals surface area contributed by atoms with Crippen LogP contribution < -0.4 is 5.32 Å². The minimum Gasteiger partial charge on any atom is -0.481 e. The molecule has 0 bridgehead atoms. The van der Waals surface area contributed by atoms with Crippen LogP contribution >= 0.6 is 0 Å². The Hall–Kier alpha value is -1.35. The standard InChI is InChI=1S/C10H13N.C5H10O2/c1-10(2)9-6-4-3-5-8(9)7-11-10;1-5(2,3)4(6)7/h3-6,11H,7H2,1-2H3;1-3H3,(H,6,7). The molecule has 0 saturated heterocycles. The monoisotopic (exact) mass is 249 g/mol. The lowest BCUT2D eigenvalue weighted by molar-refractivity contribution is -0.145. The van der Waals surface area contributed by atoms with Crippen LogP contribution in [0.15, 0.2) is 24.3 Å². The fourth-order valence-electron chi connectivity index (χ4n) is 1.70. The third-order valence-corrected chi connectivity index (χ3v) is 3.05. The summed E-state index contributed by atoms with van der Waals surface area (Å²) >= 11 is 0. The molecule has 0 radical (unpaired) electrons. The zero-order chi connectivity index (χ0) is 14.0. The molecule has 0 spiro atoms. The molecule has 1 aliphatic heterocycles. The average Bonchev–Trinajstić information content (AvgIpc) is 2.55. The SMILES string of the molecule is CC(C)(C)C(=O)O.CC1(C)NCc2ccccc21. The number of carboxylic acids is 1. The van der Waals surface area contributed by atoms with Gasteiger partial charge in [-0.05, 0) is 45.7 Å². The normalized spacial score (nSPS) is 16.5. The Kier molecular flexibility index (Phi) is 4.17. The van der Waals surface area contributed by atoms with E-state index >= 15 is 0 Å². The summed E-state index contributed by atoms with van der Waals surface area (Å²) in [4.78, 5) is 10.0. The number of carbonyl (C=O) groups is 1. The molecule has 1 aliphatic rings. The van der Waals surface area contributed by atoms with Crippen molar-refractivity contribution in [3.05, 3.63) is 35.4 Å². The van der Waals surface area contributed by atoms with E-state index in [1.54, 1.807) is 20.8 Å². The zero-order valence-corrected chi connectivity index (χ0v) is 11.9. The van der Waals surface area contributed by atoms with E-state index in [4.69, 9.17) is 5.11 Å². The molecule has 3 nitrogen and oxygen atoms in total. The van der Waals surface area contributed by atoms with Gasteiger partial charge in [0.15, 0.2) is 0 Å². The molecule has 3 heteroatoms. The molecule has 1 heterocycles. The van der Waals surface area contributed by atoms with Gasteiger partial charge in [0.1, 0.15) is 0 Å². The summed E-state index contributed by atoms with van der Waals surface area (Å²) in [6.07, 6.45) is 0. The van der Waals surface area contributed by atoms with Crippen LogP contribution in [-0.2, 0) is 16.9 Å². The molecular weight excluding hydrogens is 226 g/mol. The molecule has 0 unspecified atom stereocenters. The highest BCUT2D eigenvalue weighted by atomic mass is 16.4. The summed E-state index contributed by atoms with van der Waals surface area (Å²) in [7, 11) is 0. The van der Waals surface area contributed by atoms with Gasteiger partial charge in [0.2, 0.25) is 0 Å². The van der Waals surface area contributed by atoms with Gasteiger partial charge in [-0.2, -0.15) is 0 Å². The minimum atomic E-state index is -0.757. The minimum absolute atomic E-state index is 0.177. The van der Waals surface area contributed by atoms with E-state index in [9.17, 15) is 4.79 Å². The lowest BCUT2D eigenvalue weighted by Gasteiger charge is -2.19. The van der Waals surface area contributed by atoms with E-state index in [2.05, 4.69) is 43.4 Å². The molecular formula is C15H23NO2. The molecule has 2 rings (SSSR count). The van der Waals surface area contributed by atoms with Crippen LogP contribution in [0.25, 0.3) is 0 Å². The fraction of sp³-hybridized carbons (Fsp3) is 0.533. The number of benzene rings is 1. The third kappa shape index (κ3) is 3.57. The molecule has 0 aromatic heterocycles. The van der Waals surface area contributed by atoms with Crippen molar-refractivity contribution in [2.24, 2.45) is 5.41 Å². The largest absolute Gasteiger partial charge is 0.481 e. The number of nitrogens with one attached hydrogen (secondary N) is 1. The maximum Gasteiger partial charge on any atom is 0.308 e. The van der Waals surface area contributed by atoms with Crippen LogP contribution in [-0.4, -0.2) is 11.1 Å². The average molecular weight is 249 g/mol. The van der Waals surface area contributed by atoms with E-state index in [0.29, 0.717) is 0 Å². The van der Waals surface area contributed by atoms with Gasteiger partial charge in [-0.3, -0.25) is 4.79 Å². The molecule has 18 heavy (non-hydrogen) atoms. The predicted molar refractivity (Wildman–Crippen MR) is 73.4 cm³/mol. The summed E-state index contributed by atoms with van der Waals surface area (Å²) in [5, 5.41) is 11.7. The molecule has 1 aromatic carbocycles. The topological polar surface area (TPSA) is 49.3 Å². The van der Waals surface area contributed by atoms with Crippen molar-refractivity contribution in [3.63, 3.8) is 0 Å². The second-order valence-electron chi connectivity index (χ2n) is 6.19. The summed E-state index contributed by atoms with van der Waals surface area (Å²) < 4.78 is 0. The van der Waals surface area contributed by atoms with Gasteiger partial charge < -0.3 is 10.4 Å². The Morgan fingerprint density at radius 3 is 2.22 bits per heavy atom. The van der Waals surface area contributed by atoms with Crippen LogP contribution in [0.5, 0.6) is 0 Å².